The standard InChI is InChI=1S/C14H19NO4S/c1-3-11-6-8-12(9-7-11)20(17,18)15-10-4-5-13(15)14(16)19-2/h6-9,13H,3-5,10H2,1-2H3. The van der Waals surface area contributed by atoms with Gasteiger partial charge in [-0.05, 0) is 37.0 Å². The quantitative estimate of drug-likeness (QED) is 0.791. The van der Waals surface area contributed by atoms with Crippen LogP contribution in [-0.2, 0) is 26.0 Å². The SMILES string of the molecule is CCc1ccc(S(=O)(=O)N2CCCC2C(=O)OC)cc1. The van der Waals surface area contributed by atoms with Crippen molar-refractivity contribution in [1.82, 2.24) is 4.31 Å². The van der Waals surface area contributed by atoms with E-state index >= 15 is 0 Å². The number of benzene rings is 1. The van der Waals surface area contributed by atoms with E-state index in [-0.39, 0.29) is 4.90 Å². The van der Waals surface area contributed by atoms with E-state index in [1.165, 1.54) is 11.4 Å². The number of aryl methyl sites for hydroxylation is 1. The van der Waals surface area contributed by atoms with E-state index in [0.717, 1.165) is 12.0 Å². The Morgan fingerprint density at radius 2 is 2.00 bits per heavy atom. The Balaban J connectivity index is 2.31. The third-order valence-corrected chi connectivity index (χ3v) is 5.54. The first-order chi connectivity index (χ1) is 9.50. The van der Waals surface area contributed by atoms with E-state index in [0.29, 0.717) is 19.4 Å². The largest absolute Gasteiger partial charge is 0.468 e. The van der Waals surface area contributed by atoms with Crippen molar-refractivity contribution in [2.45, 2.75) is 37.1 Å². The normalized spacial score (nSPS) is 20.0. The van der Waals surface area contributed by atoms with Gasteiger partial charge in [0.05, 0.1) is 12.0 Å². The number of carbonyl (C=O) groups is 1. The van der Waals surface area contributed by atoms with Gasteiger partial charge in [-0.25, -0.2) is 8.42 Å². The van der Waals surface area contributed by atoms with Gasteiger partial charge in [-0.15, -0.1) is 0 Å². The van der Waals surface area contributed by atoms with Crippen LogP contribution < -0.4 is 0 Å². The number of ether oxygens (including phenoxy) is 1. The van der Waals surface area contributed by atoms with Crippen LogP contribution in [0.4, 0.5) is 0 Å². The number of methoxy groups -OCH3 is 1. The van der Waals surface area contributed by atoms with Crippen LogP contribution in [0.3, 0.4) is 0 Å². The van der Waals surface area contributed by atoms with Gasteiger partial charge in [-0.1, -0.05) is 19.1 Å². The van der Waals surface area contributed by atoms with Crippen LogP contribution in [0.25, 0.3) is 0 Å². The van der Waals surface area contributed by atoms with Gasteiger partial charge < -0.3 is 4.74 Å². The first kappa shape index (κ1) is 15.0. The third kappa shape index (κ3) is 2.71. The van der Waals surface area contributed by atoms with Crippen LogP contribution in [-0.4, -0.2) is 38.4 Å². The molecule has 1 aliphatic rings. The topological polar surface area (TPSA) is 63.7 Å². The molecule has 0 aliphatic carbocycles. The summed E-state index contributed by atoms with van der Waals surface area (Å²) in [5, 5.41) is 0. The van der Waals surface area contributed by atoms with Crippen LogP contribution in [0.1, 0.15) is 25.3 Å². The van der Waals surface area contributed by atoms with Crippen molar-refractivity contribution in [2.75, 3.05) is 13.7 Å². The minimum absolute atomic E-state index is 0.227. The number of carbonyl (C=O) groups excluding carboxylic acids is 1. The van der Waals surface area contributed by atoms with Gasteiger partial charge in [0.15, 0.2) is 0 Å². The Morgan fingerprint density at radius 3 is 2.55 bits per heavy atom. The van der Waals surface area contributed by atoms with Crippen molar-refractivity contribution >= 4 is 16.0 Å². The molecule has 5 nitrogen and oxygen atoms in total. The van der Waals surface area contributed by atoms with Gasteiger partial charge in [0.1, 0.15) is 6.04 Å². The van der Waals surface area contributed by atoms with Crippen molar-refractivity contribution in [3.8, 4) is 0 Å². The van der Waals surface area contributed by atoms with E-state index in [4.69, 9.17) is 0 Å². The molecule has 1 heterocycles. The lowest BCUT2D eigenvalue weighted by Crippen LogP contribution is -2.41. The molecule has 1 aromatic carbocycles. The highest BCUT2D eigenvalue weighted by atomic mass is 32.2. The number of sulfonamides is 1. The van der Waals surface area contributed by atoms with Crippen LogP contribution >= 0.6 is 0 Å². The van der Waals surface area contributed by atoms with Gasteiger partial charge in [0.2, 0.25) is 10.0 Å². The van der Waals surface area contributed by atoms with Crippen LogP contribution in [0.5, 0.6) is 0 Å². The Kier molecular flexibility index (Phi) is 4.45. The molecule has 1 aliphatic heterocycles. The molecular formula is C14H19NO4S. The average Bonchev–Trinajstić information content (AvgIpc) is 2.96. The molecular weight excluding hydrogens is 278 g/mol. The van der Waals surface area contributed by atoms with Crippen LogP contribution in [0.15, 0.2) is 29.2 Å². The Labute approximate surface area is 119 Å². The zero-order valence-electron chi connectivity index (χ0n) is 11.7. The van der Waals surface area contributed by atoms with E-state index < -0.39 is 22.0 Å². The molecule has 20 heavy (non-hydrogen) atoms. The Hall–Kier alpha value is -1.40. The number of rotatable bonds is 4. The van der Waals surface area contributed by atoms with E-state index in [1.807, 2.05) is 6.92 Å². The lowest BCUT2D eigenvalue weighted by Gasteiger charge is -2.22. The van der Waals surface area contributed by atoms with Gasteiger partial charge in [0, 0.05) is 6.54 Å². The molecule has 0 N–H and O–H groups in total. The van der Waals surface area contributed by atoms with Crippen LogP contribution in [0.2, 0.25) is 0 Å². The lowest BCUT2D eigenvalue weighted by molar-refractivity contribution is -0.144. The molecule has 1 saturated heterocycles. The average molecular weight is 297 g/mol. The molecule has 0 bridgehead atoms. The van der Waals surface area contributed by atoms with E-state index in [2.05, 4.69) is 4.74 Å². The van der Waals surface area contributed by atoms with Crippen molar-refractivity contribution < 1.29 is 17.9 Å². The predicted octanol–water partition coefficient (Wildman–Crippen LogP) is 1.58. The zero-order chi connectivity index (χ0) is 14.8. The molecule has 110 valence electrons. The summed E-state index contributed by atoms with van der Waals surface area (Å²) in [7, 11) is -2.36. The summed E-state index contributed by atoms with van der Waals surface area (Å²) in [6.07, 6.45) is 2.04. The van der Waals surface area contributed by atoms with Gasteiger partial charge >= 0.3 is 5.97 Å². The summed E-state index contributed by atoms with van der Waals surface area (Å²) in [6.45, 7) is 2.37. The molecule has 0 aromatic heterocycles. The lowest BCUT2D eigenvalue weighted by atomic mass is 10.2. The summed E-state index contributed by atoms with van der Waals surface area (Å²) in [4.78, 5) is 11.9. The Bertz CT molecular complexity index is 580. The molecule has 0 saturated carbocycles. The number of hydrogen-bond acceptors (Lipinski definition) is 4. The van der Waals surface area contributed by atoms with E-state index in [9.17, 15) is 13.2 Å². The molecule has 0 spiro atoms. The molecule has 0 amide bonds. The van der Waals surface area contributed by atoms with Crippen molar-refractivity contribution in [3.63, 3.8) is 0 Å². The second-order valence-electron chi connectivity index (χ2n) is 4.79. The monoisotopic (exact) mass is 297 g/mol. The molecule has 0 radical (unpaired) electrons. The molecule has 1 aromatic rings. The van der Waals surface area contributed by atoms with Crippen molar-refractivity contribution in [2.24, 2.45) is 0 Å². The molecule has 1 atom stereocenters. The maximum absolute atomic E-state index is 12.6. The fraction of sp³-hybridized carbons (Fsp3) is 0.500. The molecule has 2 rings (SSSR count). The number of nitrogens with zero attached hydrogens (tertiary/aromatic N) is 1. The highest BCUT2D eigenvalue weighted by Gasteiger charge is 2.39. The maximum atomic E-state index is 12.6. The summed E-state index contributed by atoms with van der Waals surface area (Å²) in [5.41, 5.74) is 1.08. The second-order valence-corrected chi connectivity index (χ2v) is 6.69. The predicted molar refractivity (Wildman–Crippen MR) is 74.7 cm³/mol. The first-order valence-corrected chi connectivity index (χ1v) is 8.13. The maximum Gasteiger partial charge on any atom is 0.324 e. The van der Waals surface area contributed by atoms with Crippen molar-refractivity contribution in [3.05, 3.63) is 29.8 Å². The molecule has 6 heteroatoms. The summed E-state index contributed by atoms with van der Waals surface area (Å²) in [5.74, 6) is -0.490. The zero-order valence-corrected chi connectivity index (χ0v) is 12.5. The highest BCUT2D eigenvalue weighted by molar-refractivity contribution is 7.89. The number of hydrogen-bond donors (Lipinski definition) is 0. The fourth-order valence-corrected chi connectivity index (χ4v) is 4.08. The van der Waals surface area contributed by atoms with E-state index in [1.54, 1.807) is 24.3 Å². The first-order valence-electron chi connectivity index (χ1n) is 6.69. The third-order valence-electron chi connectivity index (χ3n) is 3.62. The number of esters is 1. The highest BCUT2D eigenvalue weighted by Crippen LogP contribution is 2.26. The minimum atomic E-state index is -3.64. The van der Waals surface area contributed by atoms with Gasteiger partial charge in [-0.3, -0.25) is 4.79 Å². The second kappa shape index (κ2) is 5.93. The fourth-order valence-electron chi connectivity index (χ4n) is 2.43. The minimum Gasteiger partial charge on any atom is -0.468 e. The van der Waals surface area contributed by atoms with Crippen molar-refractivity contribution in [1.29, 1.82) is 0 Å². The Morgan fingerprint density at radius 1 is 1.35 bits per heavy atom. The van der Waals surface area contributed by atoms with Gasteiger partial charge in [-0.2, -0.15) is 4.31 Å². The summed E-state index contributed by atoms with van der Waals surface area (Å²) < 4.78 is 31.1. The van der Waals surface area contributed by atoms with Crippen LogP contribution in [0, 0.1) is 0 Å². The van der Waals surface area contributed by atoms with Gasteiger partial charge in [0.25, 0.3) is 0 Å². The molecule has 1 fully saturated rings. The smallest absolute Gasteiger partial charge is 0.324 e. The summed E-state index contributed by atoms with van der Waals surface area (Å²) in [6, 6.07) is 6.10. The summed E-state index contributed by atoms with van der Waals surface area (Å²) >= 11 is 0. The molecule has 1 unspecified atom stereocenters.